The van der Waals surface area contributed by atoms with Crippen LogP contribution in [0.5, 0.6) is 0 Å². The number of ether oxygens (including phenoxy) is 1. The molecule has 94 valence electrons. The minimum Gasteiger partial charge on any atom is -0.444 e. The number of aromatic nitrogens is 2. The van der Waals surface area contributed by atoms with Crippen LogP contribution in [0.15, 0.2) is 6.33 Å². The minimum absolute atomic E-state index is 0.250. The van der Waals surface area contributed by atoms with Crippen LogP contribution in [0.1, 0.15) is 38.6 Å². The molecule has 1 aromatic heterocycles. The zero-order chi connectivity index (χ0) is 12.5. The summed E-state index contributed by atoms with van der Waals surface area (Å²) in [6.45, 7) is 6.92. The maximum absolute atomic E-state index is 12.0. The number of carbonyl (C=O) groups excluding carboxylic acids is 1. The average molecular weight is 237 g/mol. The number of H-pyrrole nitrogens is 1. The molecule has 0 saturated heterocycles. The molecule has 17 heavy (non-hydrogen) atoms. The number of nitrogens with one attached hydrogen (secondary N) is 1. The molecular formula is C12H19N3O2. The summed E-state index contributed by atoms with van der Waals surface area (Å²) in [6.07, 6.45) is 3.28. The number of amides is 1. The van der Waals surface area contributed by atoms with Gasteiger partial charge in [0.05, 0.1) is 24.3 Å². The first kappa shape index (κ1) is 12.0. The average Bonchev–Trinajstić information content (AvgIpc) is 2.53. The molecule has 1 amide bonds. The lowest BCUT2D eigenvalue weighted by Crippen LogP contribution is -2.36. The molecule has 5 heteroatoms. The van der Waals surface area contributed by atoms with Crippen molar-refractivity contribution < 1.29 is 9.53 Å². The van der Waals surface area contributed by atoms with Crippen LogP contribution in [0.3, 0.4) is 0 Å². The number of rotatable bonds is 0. The van der Waals surface area contributed by atoms with Crippen LogP contribution in [-0.2, 0) is 17.7 Å². The van der Waals surface area contributed by atoms with Gasteiger partial charge >= 0.3 is 6.09 Å². The van der Waals surface area contributed by atoms with Crippen molar-refractivity contribution >= 4 is 6.09 Å². The topological polar surface area (TPSA) is 58.2 Å². The number of fused-ring (bicyclic) bond motifs is 1. The zero-order valence-electron chi connectivity index (χ0n) is 10.6. The quantitative estimate of drug-likeness (QED) is 0.751. The van der Waals surface area contributed by atoms with Crippen LogP contribution in [0.25, 0.3) is 0 Å². The van der Waals surface area contributed by atoms with E-state index in [1.165, 1.54) is 0 Å². The molecule has 1 N–H and O–H groups in total. The lowest BCUT2D eigenvalue weighted by atomic mass is 10.2. The van der Waals surface area contributed by atoms with Gasteiger partial charge in [0.1, 0.15) is 5.60 Å². The molecule has 0 aromatic carbocycles. The molecule has 1 aromatic rings. The van der Waals surface area contributed by atoms with Crippen molar-refractivity contribution in [2.75, 3.05) is 6.54 Å². The first-order valence-electron chi connectivity index (χ1n) is 5.95. The summed E-state index contributed by atoms with van der Waals surface area (Å²) in [5.41, 5.74) is 1.64. The molecule has 0 radical (unpaired) electrons. The molecule has 0 saturated carbocycles. The Bertz CT molecular complexity index is 406. The predicted octanol–water partition coefficient (Wildman–Crippen LogP) is 2.09. The van der Waals surface area contributed by atoms with Gasteiger partial charge in [-0.05, 0) is 33.6 Å². The molecule has 0 spiro atoms. The molecular weight excluding hydrogens is 218 g/mol. The molecule has 2 rings (SSSR count). The Morgan fingerprint density at radius 1 is 1.53 bits per heavy atom. The van der Waals surface area contributed by atoms with Crippen molar-refractivity contribution in [3.05, 3.63) is 17.7 Å². The summed E-state index contributed by atoms with van der Waals surface area (Å²) < 4.78 is 5.38. The van der Waals surface area contributed by atoms with Crippen LogP contribution < -0.4 is 0 Å². The largest absolute Gasteiger partial charge is 0.444 e. The first-order chi connectivity index (χ1) is 7.96. The molecule has 0 bridgehead atoms. The van der Waals surface area contributed by atoms with Crippen molar-refractivity contribution in [3.63, 3.8) is 0 Å². The van der Waals surface area contributed by atoms with E-state index in [0.717, 1.165) is 30.8 Å². The van der Waals surface area contributed by atoms with E-state index in [0.29, 0.717) is 6.54 Å². The Balaban J connectivity index is 2.06. The van der Waals surface area contributed by atoms with Crippen LogP contribution >= 0.6 is 0 Å². The highest BCUT2D eigenvalue weighted by molar-refractivity contribution is 5.68. The monoisotopic (exact) mass is 237 g/mol. The molecule has 1 aliphatic rings. The van der Waals surface area contributed by atoms with Crippen molar-refractivity contribution in [2.24, 2.45) is 0 Å². The summed E-state index contributed by atoms with van der Waals surface area (Å²) in [7, 11) is 0. The summed E-state index contributed by atoms with van der Waals surface area (Å²) in [5, 5.41) is 0. The van der Waals surface area contributed by atoms with Gasteiger partial charge < -0.3 is 14.6 Å². The summed E-state index contributed by atoms with van der Waals surface area (Å²) in [4.78, 5) is 21.0. The smallest absolute Gasteiger partial charge is 0.410 e. The van der Waals surface area contributed by atoms with Gasteiger partial charge in [0.2, 0.25) is 0 Å². The lowest BCUT2D eigenvalue weighted by Gasteiger charge is -2.26. The molecule has 1 aliphatic heterocycles. The van der Waals surface area contributed by atoms with Gasteiger partial charge in [0, 0.05) is 6.54 Å². The Morgan fingerprint density at radius 2 is 2.29 bits per heavy atom. The van der Waals surface area contributed by atoms with Gasteiger partial charge in [0.15, 0.2) is 0 Å². The number of carbonyl (C=O) groups is 1. The highest BCUT2D eigenvalue weighted by Gasteiger charge is 2.25. The lowest BCUT2D eigenvalue weighted by molar-refractivity contribution is 0.0235. The van der Waals surface area contributed by atoms with Crippen molar-refractivity contribution in [2.45, 2.75) is 45.8 Å². The summed E-state index contributed by atoms with van der Waals surface area (Å²) in [5.74, 6) is 0. The molecule has 0 unspecified atom stereocenters. The summed E-state index contributed by atoms with van der Waals surface area (Å²) in [6, 6.07) is 0. The third-order valence-corrected chi connectivity index (χ3v) is 2.65. The van der Waals surface area contributed by atoms with Crippen LogP contribution in [0.2, 0.25) is 0 Å². The molecule has 0 fully saturated rings. The van der Waals surface area contributed by atoms with E-state index in [9.17, 15) is 4.79 Å². The van der Waals surface area contributed by atoms with E-state index in [1.54, 1.807) is 11.2 Å². The Kier molecular flexibility index (Phi) is 3.09. The van der Waals surface area contributed by atoms with Gasteiger partial charge in [-0.25, -0.2) is 9.78 Å². The predicted molar refractivity (Wildman–Crippen MR) is 63.6 cm³/mol. The first-order valence-corrected chi connectivity index (χ1v) is 5.95. The van der Waals surface area contributed by atoms with E-state index in [4.69, 9.17) is 4.74 Å². The fourth-order valence-corrected chi connectivity index (χ4v) is 1.89. The van der Waals surface area contributed by atoms with E-state index in [-0.39, 0.29) is 6.09 Å². The second-order valence-electron chi connectivity index (χ2n) is 5.33. The fourth-order valence-electron chi connectivity index (χ4n) is 1.89. The van der Waals surface area contributed by atoms with Crippen LogP contribution in [0.4, 0.5) is 4.79 Å². The van der Waals surface area contributed by atoms with E-state index < -0.39 is 5.60 Å². The third-order valence-electron chi connectivity index (χ3n) is 2.65. The van der Waals surface area contributed by atoms with Crippen molar-refractivity contribution in [1.29, 1.82) is 0 Å². The number of nitrogens with zero attached hydrogens (tertiary/aromatic N) is 2. The van der Waals surface area contributed by atoms with Crippen molar-refractivity contribution in [3.8, 4) is 0 Å². The number of imidazole rings is 1. The number of aromatic amines is 1. The fraction of sp³-hybridized carbons (Fsp3) is 0.667. The van der Waals surface area contributed by atoms with Gasteiger partial charge in [-0.2, -0.15) is 0 Å². The highest BCUT2D eigenvalue weighted by atomic mass is 16.6. The maximum atomic E-state index is 12.0. The van der Waals surface area contributed by atoms with Gasteiger partial charge in [-0.3, -0.25) is 0 Å². The molecule has 5 nitrogen and oxygen atoms in total. The zero-order valence-corrected chi connectivity index (χ0v) is 10.6. The standard InChI is InChI=1S/C12H19N3O2/c1-12(2,3)17-11(16)15-6-4-5-9-10(7-15)14-8-13-9/h8H,4-7H2,1-3H3,(H,13,14). The van der Waals surface area contributed by atoms with Gasteiger partial charge in [-0.1, -0.05) is 0 Å². The number of hydrogen-bond donors (Lipinski definition) is 1. The second-order valence-corrected chi connectivity index (χ2v) is 5.33. The van der Waals surface area contributed by atoms with Crippen LogP contribution in [0, 0.1) is 0 Å². The Hall–Kier alpha value is -1.52. The SMILES string of the molecule is CC(C)(C)OC(=O)N1CCCc2nc[nH]c2C1. The third kappa shape index (κ3) is 2.99. The van der Waals surface area contributed by atoms with Gasteiger partial charge in [0.25, 0.3) is 0 Å². The maximum Gasteiger partial charge on any atom is 0.410 e. The van der Waals surface area contributed by atoms with Crippen LogP contribution in [-0.4, -0.2) is 33.1 Å². The molecule has 0 atom stereocenters. The second kappa shape index (κ2) is 4.39. The molecule has 0 aliphatic carbocycles. The Labute approximate surface area is 101 Å². The molecule has 2 heterocycles. The van der Waals surface area contributed by atoms with E-state index in [1.807, 2.05) is 20.8 Å². The van der Waals surface area contributed by atoms with E-state index in [2.05, 4.69) is 9.97 Å². The van der Waals surface area contributed by atoms with E-state index >= 15 is 0 Å². The Morgan fingerprint density at radius 3 is 3.00 bits per heavy atom. The number of hydrogen-bond acceptors (Lipinski definition) is 3. The minimum atomic E-state index is -0.444. The van der Waals surface area contributed by atoms with Gasteiger partial charge in [-0.15, -0.1) is 0 Å². The van der Waals surface area contributed by atoms with Crippen molar-refractivity contribution in [1.82, 2.24) is 14.9 Å². The summed E-state index contributed by atoms with van der Waals surface area (Å²) >= 11 is 0. The number of aryl methyl sites for hydroxylation is 1. The highest BCUT2D eigenvalue weighted by Crippen LogP contribution is 2.17. The normalized spacial score (nSPS) is 16.3.